The van der Waals surface area contributed by atoms with Crippen LogP contribution in [0.15, 0.2) is 24.3 Å². The third kappa shape index (κ3) is 2.59. The second-order valence-corrected chi connectivity index (χ2v) is 6.19. The van der Waals surface area contributed by atoms with Gasteiger partial charge in [0.2, 0.25) is 5.91 Å². The highest BCUT2D eigenvalue weighted by Gasteiger charge is 2.23. The van der Waals surface area contributed by atoms with Crippen LogP contribution >= 0.6 is 11.6 Å². The number of hydrogen-bond donors (Lipinski definition) is 2. The fourth-order valence-electron chi connectivity index (χ4n) is 2.59. The lowest BCUT2D eigenvalue weighted by Crippen LogP contribution is -2.31. The van der Waals surface area contributed by atoms with Gasteiger partial charge in [-0.2, -0.15) is 5.10 Å². The molecule has 1 aliphatic carbocycles. The molecule has 7 heteroatoms. The molecule has 1 amide bonds. The molecule has 2 N–H and O–H groups in total. The second kappa shape index (κ2) is 5.38. The zero-order valence-electron chi connectivity index (χ0n) is 12.6. The minimum Gasteiger partial charge on any atom is -0.360 e. The fourth-order valence-corrected chi connectivity index (χ4v) is 2.75. The number of nitrogens with one attached hydrogen (secondary N) is 2. The van der Waals surface area contributed by atoms with Crippen LogP contribution in [0.25, 0.3) is 16.6 Å². The van der Waals surface area contributed by atoms with Crippen molar-refractivity contribution in [2.75, 3.05) is 11.9 Å². The van der Waals surface area contributed by atoms with E-state index in [4.69, 9.17) is 11.6 Å². The van der Waals surface area contributed by atoms with E-state index in [1.54, 1.807) is 4.52 Å². The maximum atomic E-state index is 11.9. The number of carbonyl (C=O) groups is 1. The van der Waals surface area contributed by atoms with Gasteiger partial charge >= 0.3 is 0 Å². The molecule has 0 spiro atoms. The fraction of sp³-hybridized carbons (Fsp3) is 0.312. The van der Waals surface area contributed by atoms with Crippen molar-refractivity contribution in [2.24, 2.45) is 0 Å². The van der Waals surface area contributed by atoms with Crippen molar-refractivity contribution in [3.8, 4) is 0 Å². The highest BCUT2D eigenvalue weighted by atomic mass is 35.5. The quantitative estimate of drug-likeness (QED) is 0.771. The maximum absolute atomic E-state index is 11.9. The van der Waals surface area contributed by atoms with Gasteiger partial charge in [-0.3, -0.25) is 4.79 Å². The van der Waals surface area contributed by atoms with Crippen molar-refractivity contribution in [1.29, 1.82) is 0 Å². The molecule has 1 fully saturated rings. The van der Waals surface area contributed by atoms with Crippen LogP contribution in [0.3, 0.4) is 0 Å². The van der Waals surface area contributed by atoms with Crippen LogP contribution in [-0.2, 0) is 4.79 Å². The Morgan fingerprint density at radius 1 is 1.39 bits per heavy atom. The van der Waals surface area contributed by atoms with Crippen LogP contribution < -0.4 is 10.6 Å². The van der Waals surface area contributed by atoms with Crippen molar-refractivity contribution in [2.45, 2.75) is 25.8 Å². The van der Waals surface area contributed by atoms with Crippen LogP contribution in [0, 0.1) is 6.92 Å². The topological polar surface area (TPSA) is 71.3 Å². The molecule has 0 unspecified atom stereocenters. The standard InChI is InChI=1S/C16H16ClN5O/c1-9-14(17)16-20-15(18-8-13(23)19-10-6-7-10)11-4-2-3-5-12(11)22(16)21-9/h2-5,10H,6-8H2,1H3,(H,18,20)(H,19,23). The molecule has 4 rings (SSSR count). The van der Waals surface area contributed by atoms with E-state index in [1.165, 1.54) is 0 Å². The van der Waals surface area contributed by atoms with Gasteiger partial charge in [0, 0.05) is 11.4 Å². The average Bonchev–Trinajstić information content (AvgIpc) is 3.32. The third-order valence-electron chi connectivity index (χ3n) is 3.93. The maximum Gasteiger partial charge on any atom is 0.239 e. The van der Waals surface area contributed by atoms with Crippen LogP contribution in [-0.4, -0.2) is 33.1 Å². The van der Waals surface area contributed by atoms with E-state index in [1.807, 2.05) is 31.2 Å². The number of benzene rings is 1. The number of halogens is 1. The number of hydrogen-bond acceptors (Lipinski definition) is 4. The predicted octanol–water partition coefficient (Wildman–Crippen LogP) is 2.53. The molecular formula is C16H16ClN5O. The highest BCUT2D eigenvalue weighted by Crippen LogP contribution is 2.28. The van der Waals surface area contributed by atoms with Gasteiger partial charge < -0.3 is 10.6 Å². The first-order valence-corrected chi connectivity index (χ1v) is 7.98. The molecule has 0 atom stereocenters. The zero-order chi connectivity index (χ0) is 16.0. The molecule has 0 saturated heterocycles. The zero-order valence-corrected chi connectivity index (χ0v) is 13.4. The van der Waals surface area contributed by atoms with Crippen LogP contribution in [0.5, 0.6) is 0 Å². The lowest BCUT2D eigenvalue weighted by molar-refractivity contribution is -0.119. The molecule has 2 heterocycles. The van der Waals surface area contributed by atoms with Crippen LogP contribution in [0.4, 0.5) is 5.82 Å². The van der Waals surface area contributed by atoms with Gasteiger partial charge in [0.25, 0.3) is 0 Å². The normalized spacial score (nSPS) is 14.3. The number of rotatable bonds is 4. The number of para-hydroxylation sites is 1. The van der Waals surface area contributed by atoms with Gasteiger partial charge in [0.05, 0.1) is 17.8 Å². The molecule has 1 aliphatic rings. The van der Waals surface area contributed by atoms with E-state index in [-0.39, 0.29) is 12.5 Å². The van der Waals surface area contributed by atoms with Crippen molar-refractivity contribution < 1.29 is 4.79 Å². The summed E-state index contributed by atoms with van der Waals surface area (Å²) in [6.07, 6.45) is 2.15. The molecule has 6 nitrogen and oxygen atoms in total. The summed E-state index contributed by atoms with van der Waals surface area (Å²) in [5, 5.41) is 11.9. The number of amides is 1. The monoisotopic (exact) mass is 329 g/mol. The Balaban J connectivity index is 1.74. The van der Waals surface area contributed by atoms with E-state index in [9.17, 15) is 4.79 Å². The molecular weight excluding hydrogens is 314 g/mol. The molecule has 0 radical (unpaired) electrons. The van der Waals surface area contributed by atoms with Gasteiger partial charge in [0.15, 0.2) is 5.65 Å². The minimum atomic E-state index is -0.0194. The molecule has 0 bridgehead atoms. The third-order valence-corrected chi connectivity index (χ3v) is 4.37. The first-order valence-electron chi connectivity index (χ1n) is 7.60. The van der Waals surface area contributed by atoms with E-state index in [0.717, 1.165) is 29.4 Å². The second-order valence-electron chi connectivity index (χ2n) is 5.81. The largest absolute Gasteiger partial charge is 0.360 e. The number of aromatic nitrogens is 3. The molecule has 0 aliphatic heterocycles. The van der Waals surface area contributed by atoms with Crippen molar-refractivity contribution in [3.05, 3.63) is 35.0 Å². The van der Waals surface area contributed by atoms with Crippen molar-refractivity contribution in [1.82, 2.24) is 19.9 Å². The number of anilines is 1. The summed E-state index contributed by atoms with van der Waals surface area (Å²) in [5.41, 5.74) is 2.22. The summed E-state index contributed by atoms with van der Waals surface area (Å²) in [5.74, 6) is 0.620. The number of fused-ring (bicyclic) bond motifs is 3. The summed E-state index contributed by atoms with van der Waals surface area (Å²) >= 11 is 6.30. The number of aryl methyl sites for hydroxylation is 1. The Kier molecular flexibility index (Phi) is 3.34. The molecule has 2 aromatic heterocycles. The SMILES string of the molecule is Cc1nn2c(nc(NCC(=O)NC3CC3)c3ccccc32)c1Cl. The summed E-state index contributed by atoms with van der Waals surface area (Å²) < 4.78 is 1.74. The molecule has 1 saturated carbocycles. The first kappa shape index (κ1) is 14.3. The Bertz CT molecular complexity index is 916. The molecule has 1 aromatic carbocycles. The van der Waals surface area contributed by atoms with Gasteiger partial charge in [-0.1, -0.05) is 23.7 Å². The van der Waals surface area contributed by atoms with Gasteiger partial charge in [-0.15, -0.1) is 0 Å². The summed E-state index contributed by atoms with van der Waals surface area (Å²) in [6.45, 7) is 2.04. The number of carbonyl (C=O) groups excluding carboxylic acids is 1. The Morgan fingerprint density at radius 2 is 2.17 bits per heavy atom. The van der Waals surface area contributed by atoms with Crippen LogP contribution in [0.1, 0.15) is 18.5 Å². The van der Waals surface area contributed by atoms with E-state index >= 15 is 0 Å². The summed E-state index contributed by atoms with van der Waals surface area (Å²) in [4.78, 5) is 16.5. The lowest BCUT2D eigenvalue weighted by Gasteiger charge is -2.10. The summed E-state index contributed by atoms with van der Waals surface area (Å²) in [7, 11) is 0. The van der Waals surface area contributed by atoms with Gasteiger partial charge in [-0.05, 0) is 31.9 Å². The predicted molar refractivity (Wildman–Crippen MR) is 89.9 cm³/mol. The lowest BCUT2D eigenvalue weighted by atomic mass is 10.2. The Labute approximate surface area is 137 Å². The van der Waals surface area contributed by atoms with Gasteiger partial charge in [0.1, 0.15) is 10.8 Å². The Hall–Kier alpha value is -2.34. The van der Waals surface area contributed by atoms with Crippen molar-refractivity contribution in [3.63, 3.8) is 0 Å². The first-order chi connectivity index (χ1) is 11.1. The minimum absolute atomic E-state index is 0.0194. The van der Waals surface area contributed by atoms with Gasteiger partial charge in [-0.25, -0.2) is 9.50 Å². The number of nitrogens with zero attached hydrogens (tertiary/aromatic N) is 3. The highest BCUT2D eigenvalue weighted by molar-refractivity contribution is 6.34. The molecule has 23 heavy (non-hydrogen) atoms. The Morgan fingerprint density at radius 3 is 2.96 bits per heavy atom. The van der Waals surface area contributed by atoms with Crippen molar-refractivity contribution >= 4 is 39.9 Å². The molecule has 118 valence electrons. The summed E-state index contributed by atoms with van der Waals surface area (Å²) in [6, 6.07) is 8.14. The smallest absolute Gasteiger partial charge is 0.239 e. The molecule has 3 aromatic rings. The van der Waals surface area contributed by atoms with E-state index in [2.05, 4.69) is 20.7 Å². The average molecular weight is 330 g/mol. The van der Waals surface area contributed by atoms with Crippen LogP contribution in [0.2, 0.25) is 5.02 Å². The van der Waals surface area contributed by atoms with E-state index < -0.39 is 0 Å². The van der Waals surface area contributed by atoms with E-state index in [0.29, 0.717) is 22.5 Å².